The summed E-state index contributed by atoms with van der Waals surface area (Å²) in [6.45, 7) is 3.19. The standard InChI is InChI=1S/C31H28N2O3/c1-2-34-25-16-12-23(13-17-25)28-20-29-27-10-6-7-11-30(27)36-31(33(29)32-28)24-14-18-26(19-15-24)35-21-22-8-4-3-5-9-22/h3-19,29,31H,2,20-21H2,1H3/t29-,31-/m1/s1. The van der Waals surface area contributed by atoms with Gasteiger partial charge in [0.1, 0.15) is 23.9 Å². The minimum atomic E-state index is -0.312. The van der Waals surface area contributed by atoms with Crippen LogP contribution in [0.4, 0.5) is 0 Å². The highest BCUT2D eigenvalue weighted by molar-refractivity contribution is 6.02. The second-order valence-corrected chi connectivity index (χ2v) is 8.96. The molecule has 0 amide bonds. The molecule has 5 nitrogen and oxygen atoms in total. The summed E-state index contributed by atoms with van der Waals surface area (Å²) < 4.78 is 18.1. The van der Waals surface area contributed by atoms with Gasteiger partial charge in [-0.15, -0.1) is 0 Å². The zero-order valence-electron chi connectivity index (χ0n) is 20.2. The van der Waals surface area contributed by atoms with E-state index >= 15 is 0 Å². The predicted octanol–water partition coefficient (Wildman–Crippen LogP) is 6.91. The Balaban J connectivity index is 1.26. The van der Waals surface area contributed by atoms with Crippen molar-refractivity contribution in [2.75, 3.05) is 6.61 Å². The molecule has 2 atom stereocenters. The molecule has 2 aliphatic rings. The van der Waals surface area contributed by atoms with Crippen molar-refractivity contribution in [1.82, 2.24) is 5.01 Å². The Kier molecular flexibility index (Phi) is 6.04. The van der Waals surface area contributed by atoms with Crippen LogP contribution >= 0.6 is 0 Å². The summed E-state index contributed by atoms with van der Waals surface area (Å²) in [7, 11) is 0. The van der Waals surface area contributed by atoms with Gasteiger partial charge < -0.3 is 14.2 Å². The first-order chi connectivity index (χ1) is 17.8. The van der Waals surface area contributed by atoms with E-state index in [9.17, 15) is 0 Å². The lowest BCUT2D eigenvalue weighted by Gasteiger charge is -2.38. The number of nitrogens with zero attached hydrogens (tertiary/aromatic N) is 2. The molecule has 36 heavy (non-hydrogen) atoms. The summed E-state index contributed by atoms with van der Waals surface area (Å²) in [4.78, 5) is 0. The lowest BCUT2D eigenvalue weighted by atomic mass is 9.96. The third-order valence-corrected chi connectivity index (χ3v) is 6.61. The molecule has 2 aliphatic heterocycles. The first-order valence-corrected chi connectivity index (χ1v) is 12.4. The van der Waals surface area contributed by atoms with E-state index < -0.39 is 0 Å². The normalized spacial score (nSPS) is 18.0. The quantitative estimate of drug-likeness (QED) is 0.291. The predicted molar refractivity (Wildman–Crippen MR) is 140 cm³/mol. The average molecular weight is 477 g/mol. The van der Waals surface area contributed by atoms with Gasteiger partial charge in [0.2, 0.25) is 6.23 Å². The van der Waals surface area contributed by atoms with Crippen LogP contribution in [0.25, 0.3) is 0 Å². The number of para-hydroxylation sites is 1. The number of rotatable bonds is 7. The van der Waals surface area contributed by atoms with E-state index in [1.807, 2.05) is 61.5 Å². The SMILES string of the molecule is CCOc1ccc(C2=NN3[C@H](C2)c2ccccc2O[C@@H]3c2ccc(OCc3ccccc3)cc2)cc1. The molecule has 0 saturated carbocycles. The van der Waals surface area contributed by atoms with Crippen LogP contribution in [0.1, 0.15) is 47.9 Å². The van der Waals surface area contributed by atoms with Gasteiger partial charge in [-0.1, -0.05) is 48.5 Å². The fourth-order valence-corrected chi connectivity index (χ4v) is 4.81. The second kappa shape index (κ2) is 9.78. The molecule has 0 radical (unpaired) electrons. The lowest BCUT2D eigenvalue weighted by molar-refractivity contribution is -0.0190. The molecule has 2 heterocycles. The summed E-state index contributed by atoms with van der Waals surface area (Å²) in [5.41, 5.74) is 5.51. The fraction of sp³-hybridized carbons (Fsp3) is 0.194. The van der Waals surface area contributed by atoms with Gasteiger partial charge in [0, 0.05) is 17.5 Å². The molecule has 0 bridgehead atoms. The Morgan fingerprint density at radius 2 is 1.50 bits per heavy atom. The molecule has 0 unspecified atom stereocenters. The Morgan fingerprint density at radius 3 is 2.28 bits per heavy atom. The summed E-state index contributed by atoms with van der Waals surface area (Å²) in [6, 6.07) is 34.9. The largest absolute Gasteiger partial charge is 0.494 e. The molecule has 5 heteroatoms. The Hall–Kier alpha value is -4.25. The lowest BCUT2D eigenvalue weighted by Crippen LogP contribution is -2.33. The molecule has 4 aromatic rings. The van der Waals surface area contributed by atoms with Crippen LogP contribution in [0, 0.1) is 0 Å². The third kappa shape index (κ3) is 4.40. The molecule has 0 spiro atoms. The Labute approximate surface area is 211 Å². The molecular weight excluding hydrogens is 448 g/mol. The fourth-order valence-electron chi connectivity index (χ4n) is 4.81. The zero-order chi connectivity index (χ0) is 24.3. The smallest absolute Gasteiger partial charge is 0.213 e. The van der Waals surface area contributed by atoms with Crippen molar-refractivity contribution < 1.29 is 14.2 Å². The topological polar surface area (TPSA) is 43.3 Å². The third-order valence-electron chi connectivity index (χ3n) is 6.61. The van der Waals surface area contributed by atoms with E-state index in [0.717, 1.165) is 46.1 Å². The van der Waals surface area contributed by atoms with Gasteiger partial charge in [-0.05, 0) is 72.6 Å². The summed E-state index contributed by atoms with van der Waals surface area (Å²) in [5.74, 6) is 2.62. The van der Waals surface area contributed by atoms with Gasteiger partial charge in [0.25, 0.3) is 0 Å². The van der Waals surface area contributed by atoms with Gasteiger partial charge in [-0.2, -0.15) is 5.10 Å². The van der Waals surface area contributed by atoms with Gasteiger partial charge >= 0.3 is 0 Å². The highest BCUT2D eigenvalue weighted by Crippen LogP contribution is 2.47. The van der Waals surface area contributed by atoms with Crippen molar-refractivity contribution >= 4 is 5.71 Å². The van der Waals surface area contributed by atoms with E-state index in [1.165, 1.54) is 5.56 Å². The highest BCUT2D eigenvalue weighted by atomic mass is 16.5. The number of hydrogen-bond donors (Lipinski definition) is 0. The van der Waals surface area contributed by atoms with Crippen molar-refractivity contribution in [1.29, 1.82) is 0 Å². The van der Waals surface area contributed by atoms with Crippen LogP contribution in [-0.2, 0) is 6.61 Å². The zero-order valence-corrected chi connectivity index (χ0v) is 20.2. The van der Waals surface area contributed by atoms with Crippen LogP contribution in [0.5, 0.6) is 17.2 Å². The Morgan fingerprint density at radius 1 is 0.806 bits per heavy atom. The number of benzene rings is 4. The van der Waals surface area contributed by atoms with Crippen LogP contribution in [0.3, 0.4) is 0 Å². The van der Waals surface area contributed by atoms with Crippen LogP contribution < -0.4 is 14.2 Å². The maximum absolute atomic E-state index is 6.49. The summed E-state index contributed by atoms with van der Waals surface area (Å²) in [5, 5.41) is 7.17. The monoisotopic (exact) mass is 476 g/mol. The minimum Gasteiger partial charge on any atom is -0.494 e. The second-order valence-electron chi connectivity index (χ2n) is 8.96. The molecule has 0 aromatic heterocycles. The first-order valence-electron chi connectivity index (χ1n) is 12.4. The molecule has 6 rings (SSSR count). The van der Waals surface area contributed by atoms with Gasteiger partial charge in [-0.3, -0.25) is 0 Å². The molecule has 180 valence electrons. The van der Waals surface area contributed by atoms with Crippen LogP contribution in [-0.4, -0.2) is 17.3 Å². The van der Waals surface area contributed by atoms with Gasteiger partial charge in [0.15, 0.2) is 0 Å². The van der Waals surface area contributed by atoms with Crippen molar-refractivity contribution in [3.8, 4) is 17.2 Å². The van der Waals surface area contributed by atoms with E-state index in [1.54, 1.807) is 0 Å². The van der Waals surface area contributed by atoms with Crippen molar-refractivity contribution in [2.24, 2.45) is 5.10 Å². The first kappa shape index (κ1) is 22.2. The Bertz CT molecular complexity index is 1350. The average Bonchev–Trinajstić information content (AvgIpc) is 3.39. The summed E-state index contributed by atoms with van der Waals surface area (Å²) in [6.07, 6.45) is 0.511. The van der Waals surface area contributed by atoms with E-state index in [0.29, 0.717) is 13.2 Å². The number of fused-ring (bicyclic) bond motifs is 3. The molecule has 0 saturated heterocycles. The van der Waals surface area contributed by atoms with Crippen LogP contribution in [0.15, 0.2) is 108 Å². The molecule has 0 fully saturated rings. The number of ether oxygens (including phenoxy) is 3. The van der Waals surface area contributed by atoms with Crippen molar-refractivity contribution in [3.63, 3.8) is 0 Å². The van der Waals surface area contributed by atoms with Crippen molar-refractivity contribution in [2.45, 2.75) is 32.2 Å². The van der Waals surface area contributed by atoms with Gasteiger partial charge in [-0.25, -0.2) is 5.01 Å². The summed E-state index contributed by atoms with van der Waals surface area (Å²) >= 11 is 0. The van der Waals surface area contributed by atoms with E-state index in [-0.39, 0.29) is 12.3 Å². The molecular formula is C31H28N2O3. The molecule has 0 aliphatic carbocycles. The number of hydrazone groups is 1. The van der Waals surface area contributed by atoms with Crippen molar-refractivity contribution in [3.05, 3.63) is 125 Å². The van der Waals surface area contributed by atoms with Crippen LogP contribution in [0.2, 0.25) is 0 Å². The number of hydrogen-bond acceptors (Lipinski definition) is 5. The van der Waals surface area contributed by atoms with E-state index in [4.69, 9.17) is 19.3 Å². The molecule has 0 N–H and O–H groups in total. The molecule has 4 aromatic carbocycles. The maximum atomic E-state index is 6.49. The highest BCUT2D eigenvalue weighted by Gasteiger charge is 2.40. The minimum absolute atomic E-state index is 0.121. The maximum Gasteiger partial charge on any atom is 0.213 e. The van der Waals surface area contributed by atoms with Gasteiger partial charge in [0.05, 0.1) is 18.4 Å². The van der Waals surface area contributed by atoms with E-state index in [2.05, 4.69) is 53.5 Å².